The largest absolute Gasteiger partial charge is 0.275 e. The molecule has 1 aromatic carbocycles. The first-order valence-corrected chi connectivity index (χ1v) is 6.79. The molecule has 1 aromatic heterocycles. The van der Waals surface area contributed by atoms with Gasteiger partial charge in [-0.15, -0.1) is 16.7 Å². The van der Waals surface area contributed by atoms with Crippen LogP contribution in [0.5, 0.6) is 0 Å². The topological polar surface area (TPSA) is 73.8 Å². The van der Waals surface area contributed by atoms with E-state index in [1.54, 1.807) is 18.3 Å². The Morgan fingerprint density at radius 2 is 2.25 bits per heavy atom. The van der Waals surface area contributed by atoms with Crippen molar-refractivity contribution in [2.75, 3.05) is 0 Å². The Morgan fingerprint density at radius 3 is 2.90 bits per heavy atom. The number of nitro benzene ring substituents is 1. The van der Waals surface area contributed by atoms with E-state index in [9.17, 15) is 10.1 Å². The third-order valence-electron chi connectivity index (χ3n) is 2.81. The number of nitrogens with zero attached hydrogens (tertiary/aromatic N) is 4. The molecule has 1 heterocycles. The van der Waals surface area contributed by atoms with Crippen molar-refractivity contribution < 1.29 is 4.92 Å². The van der Waals surface area contributed by atoms with Gasteiger partial charge in [0.25, 0.3) is 5.69 Å². The lowest BCUT2D eigenvalue weighted by Gasteiger charge is -2.03. The number of rotatable bonds is 5. The van der Waals surface area contributed by atoms with Crippen LogP contribution in [0.3, 0.4) is 0 Å². The molecule has 0 aliphatic carbocycles. The number of benzene rings is 1. The molecule has 1 unspecified atom stereocenters. The molecule has 0 spiro atoms. The average Bonchev–Trinajstić information content (AvgIpc) is 2.88. The van der Waals surface area contributed by atoms with Crippen LogP contribution in [-0.2, 0) is 6.54 Å². The van der Waals surface area contributed by atoms with E-state index in [2.05, 4.69) is 10.3 Å². The van der Waals surface area contributed by atoms with E-state index in [1.165, 1.54) is 10.7 Å². The minimum atomic E-state index is -0.463. The molecule has 0 aliphatic heterocycles. The summed E-state index contributed by atoms with van der Waals surface area (Å²) in [7, 11) is 0. The van der Waals surface area contributed by atoms with Gasteiger partial charge in [-0.1, -0.05) is 23.7 Å². The maximum Gasteiger partial charge on any atom is 0.275 e. The van der Waals surface area contributed by atoms with Crippen molar-refractivity contribution in [3.05, 3.63) is 50.8 Å². The van der Waals surface area contributed by atoms with Crippen molar-refractivity contribution in [1.82, 2.24) is 15.0 Å². The Balaban J connectivity index is 2.26. The number of hydrogen-bond acceptors (Lipinski definition) is 4. The van der Waals surface area contributed by atoms with Gasteiger partial charge in [0.05, 0.1) is 28.6 Å². The number of halogens is 2. The molecule has 1 atom stereocenters. The van der Waals surface area contributed by atoms with Crippen molar-refractivity contribution in [2.24, 2.45) is 0 Å². The Hall–Kier alpha value is -1.66. The van der Waals surface area contributed by atoms with Gasteiger partial charge >= 0.3 is 0 Å². The first-order chi connectivity index (χ1) is 9.51. The molecular formula is C12H12Cl2N4O2. The number of alkyl halides is 1. The molecule has 2 rings (SSSR count). The molecule has 6 nitrogen and oxygen atoms in total. The monoisotopic (exact) mass is 314 g/mol. The first kappa shape index (κ1) is 14.7. The second-order valence-corrected chi connectivity index (χ2v) is 5.21. The molecule has 106 valence electrons. The van der Waals surface area contributed by atoms with E-state index >= 15 is 0 Å². The zero-order valence-corrected chi connectivity index (χ0v) is 12.2. The molecule has 0 radical (unpaired) electrons. The molecule has 8 heteroatoms. The molecule has 0 saturated carbocycles. The van der Waals surface area contributed by atoms with Gasteiger partial charge in [-0.05, 0) is 18.6 Å². The Labute approximate surface area is 125 Å². The van der Waals surface area contributed by atoms with Crippen LogP contribution in [0.1, 0.15) is 30.0 Å². The van der Waals surface area contributed by atoms with Crippen molar-refractivity contribution in [1.29, 1.82) is 0 Å². The van der Waals surface area contributed by atoms with E-state index < -0.39 is 4.92 Å². The summed E-state index contributed by atoms with van der Waals surface area (Å²) in [4.78, 5) is 10.5. The summed E-state index contributed by atoms with van der Waals surface area (Å²) in [5.74, 6) is 0. The van der Waals surface area contributed by atoms with Gasteiger partial charge in [-0.25, -0.2) is 4.68 Å². The Morgan fingerprint density at radius 1 is 1.50 bits per heavy atom. The first-order valence-electron chi connectivity index (χ1n) is 5.98. The molecule has 0 saturated heterocycles. The fourth-order valence-corrected chi connectivity index (χ4v) is 2.02. The summed E-state index contributed by atoms with van der Waals surface area (Å²) in [6.45, 7) is 2.19. The average molecular weight is 315 g/mol. The molecule has 0 fully saturated rings. The highest BCUT2D eigenvalue weighted by Crippen LogP contribution is 2.25. The highest BCUT2D eigenvalue weighted by atomic mass is 35.5. The van der Waals surface area contributed by atoms with Crippen LogP contribution in [0.4, 0.5) is 5.69 Å². The van der Waals surface area contributed by atoms with Gasteiger partial charge in [0.15, 0.2) is 0 Å². The Kier molecular flexibility index (Phi) is 4.57. The highest BCUT2D eigenvalue weighted by molar-refractivity contribution is 6.30. The summed E-state index contributed by atoms with van der Waals surface area (Å²) >= 11 is 11.8. The standard InChI is InChI=1S/C12H12Cl2N4O2/c1-2-10(14)11-7-17(16-15-11)6-8-3-4-9(13)5-12(8)18(19)20/h3-5,7,10H,2,6H2,1H3. The zero-order valence-electron chi connectivity index (χ0n) is 10.7. The van der Waals surface area contributed by atoms with E-state index in [4.69, 9.17) is 23.2 Å². The molecular weight excluding hydrogens is 303 g/mol. The Bertz CT molecular complexity index is 630. The third kappa shape index (κ3) is 3.26. The normalized spacial score (nSPS) is 12.3. The molecule has 0 aliphatic rings. The third-order valence-corrected chi connectivity index (χ3v) is 3.58. The van der Waals surface area contributed by atoms with Gasteiger partial charge in [0, 0.05) is 11.1 Å². The van der Waals surface area contributed by atoms with Gasteiger partial charge < -0.3 is 0 Å². The summed E-state index contributed by atoms with van der Waals surface area (Å²) < 4.78 is 1.52. The molecule has 0 bridgehead atoms. The second kappa shape index (κ2) is 6.19. The summed E-state index contributed by atoms with van der Waals surface area (Å²) in [6.07, 6.45) is 2.43. The van der Waals surface area contributed by atoms with E-state index in [1.807, 2.05) is 6.92 Å². The maximum atomic E-state index is 11.0. The lowest BCUT2D eigenvalue weighted by Crippen LogP contribution is -2.04. The summed E-state index contributed by atoms with van der Waals surface area (Å²) in [5.41, 5.74) is 1.14. The van der Waals surface area contributed by atoms with Crippen LogP contribution >= 0.6 is 23.2 Å². The molecule has 2 aromatic rings. The minimum Gasteiger partial charge on any atom is -0.258 e. The highest BCUT2D eigenvalue weighted by Gasteiger charge is 2.16. The number of hydrogen-bond donors (Lipinski definition) is 0. The van der Waals surface area contributed by atoms with E-state index in [0.29, 0.717) is 16.3 Å². The molecule has 0 N–H and O–H groups in total. The van der Waals surface area contributed by atoms with E-state index in [-0.39, 0.29) is 17.6 Å². The molecule has 0 amide bonds. The summed E-state index contributed by atoms with van der Waals surface area (Å²) in [5, 5.41) is 19.0. The van der Waals surface area contributed by atoms with Crippen molar-refractivity contribution in [3.8, 4) is 0 Å². The molecule has 20 heavy (non-hydrogen) atoms. The van der Waals surface area contributed by atoms with Gasteiger partial charge in [0.1, 0.15) is 5.69 Å². The van der Waals surface area contributed by atoms with Crippen LogP contribution in [0.2, 0.25) is 5.02 Å². The fourth-order valence-electron chi connectivity index (χ4n) is 1.76. The van der Waals surface area contributed by atoms with Crippen molar-refractivity contribution in [2.45, 2.75) is 25.3 Å². The smallest absolute Gasteiger partial charge is 0.258 e. The van der Waals surface area contributed by atoms with Crippen molar-refractivity contribution in [3.63, 3.8) is 0 Å². The van der Waals surface area contributed by atoms with Crippen LogP contribution in [0.15, 0.2) is 24.4 Å². The van der Waals surface area contributed by atoms with Crippen molar-refractivity contribution >= 4 is 28.9 Å². The number of nitro groups is 1. The predicted molar refractivity (Wildman–Crippen MR) is 76.1 cm³/mol. The predicted octanol–water partition coefficient (Wildman–Crippen LogP) is 3.58. The van der Waals surface area contributed by atoms with Gasteiger partial charge in [-0.3, -0.25) is 10.1 Å². The van der Waals surface area contributed by atoms with Gasteiger partial charge in [0.2, 0.25) is 0 Å². The van der Waals surface area contributed by atoms with Crippen LogP contribution in [0.25, 0.3) is 0 Å². The fraction of sp³-hybridized carbons (Fsp3) is 0.333. The zero-order chi connectivity index (χ0) is 14.7. The van der Waals surface area contributed by atoms with Crippen LogP contribution in [0, 0.1) is 10.1 Å². The lowest BCUT2D eigenvalue weighted by molar-refractivity contribution is -0.385. The van der Waals surface area contributed by atoms with Gasteiger partial charge in [-0.2, -0.15) is 0 Å². The maximum absolute atomic E-state index is 11.0. The minimum absolute atomic E-state index is 0.0348. The quantitative estimate of drug-likeness (QED) is 0.480. The summed E-state index contributed by atoms with van der Waals surface area (Å²) in [6, 6.07) is 4.54. The lowest BCUT2D eigenvalue weighted by atomic mass is 10.2. The van der Waals surface area contributed by atoms with Crippen LogP contribution < -0.4 is 0 Å². The SMILES string of the molecule is CCC(Cl)c1cn(Cc2ccc(Cl)cc2[N+](=O)[O-])nn1. The second-order valence-electron chi connectivity index (χ2n) is 4.25. The van der Waals surface area contributed by atoms with Crippen LogP contribution in [-0.4, -0.2) is 19.9 Å². The number of aromatic nitrogens is 3. The van der Waals surface area contributed by atoms with E-state index in [0.717, 1.165) is 6.42 Å².